The number of carbonyl (C=O) groups excluding carboxylic acids is 2. The molecule has 4 nitrogen and oxygen atoms in total. The average Bonchev–Trinajstić information content (AvgIpc) is 2.59. The molecule has 0 fully saturated rings. The van der Waals surface area contributed by atoms with Gasteiger partial charge in [-0.1, -0.05) is 18.2 Å². The van der Waals surface area contributed by atoms with Crippen LogP contribution in [0.2, 0.25) is 0 Å². The fourth-order valence-corrected chi connectivity index (χ4v) is 2.06. The van der Waals surface area contributed by atoms with Crippen LogP contribution in [0.3, 0.4) is 0 Å². The van der Waals surface area contributed by atoms with Crippen LogP contribution >= 0.6 is 0 Å². The summed E-state index contributed by atoms with van der Waals surface area (Å²) in [5.41, 5.74) is 0.826. The number of carbonyl (C=O) groups is 2. The van der Waals surface area contributed by atoms with Crippen LogP contribution in [-0.4, -0.2) is 25.5 Å². The molecule has 0 saturated heterocycles. The van der Waals surface area contributed by atoms with Crippen molar-refractivity contribution >= 4 is 17.8 Å². The van der Waals surface area contributed by atoms with Crippen molar-refractivity contribution in [1.29, 1.82) is 0 Å². The minimum absolute atomic E-state index is 0.181. The van der Waals surface area contributed by atoms with Crippen molar-refractivity contribution in [2.24, 2.45) is 0 Å². The molecule has 0 saturated carbocycles. The smallest absolute Gasteiger partial charge is 0.302 e. The minimum Gasteiger partial charge on any atom is -0.497 e. The second-order valence-corrected chi connectivity index (χ2v) is 5.03. The highest BCUT2D eigenvalue weighted by molar-refractivity contribution is 6.11. The van der Waals surface area contributed by atoms with Crippen molar-refractivity contribution in [2.75, 3.05) is 13.7 Å². The van der Waals surface area contributed by atoms with E-state index in [1.165, 1.54) is 26.2 Å². The number of rotatable bonds is 6. The molecule has 0 spiro atoms. The molecule has 2 aromatic carbocycles. The van der Waals surface area contributed by atoms with Crippen LogP contribution in [0.5, 0.6) is 5.75 Å². The van der Waals surface area contributed by atoms with Crippen LogP contribution < -0.4 is 4.74 Å². The number of hydrogen-bond donors (Lipinski definition) is 0. The number of hydrogen-bond acceptors (Lipinski definition) is 4. The number of esters is 1. The first-order valence-electron chi connectivity index (χ1n) is 7.28. The Bertz CT molecular complexity index is 763. The molecule has 124 valence electrons. The van der Waals surface area contributed by atoms with Gasteiger partial charge in [-0.25, -0.2) is 4.39 Å². The zero-order valence-electron chi connectivity index (χ0n) is 13.4. The van der Waals surface area contributed by atoms with Gasteiger partial charge in [-0.05, 0) is 36.4 Å². The van der Waals surface area contributed by atoms with Gasteiger partial charge in [0.15, 0.2) is 5.78 Å². The number of Topliss-reactive ketones (excluding diaryl/α,β-unsaturated/α-hetero) is 1. The van der Waals surface area contributed by atoms with Gasteiger partial charge in [-0.15, -0.1) is 0 Å². The maximum atomic E-state index is 13.8. The topological polar surface area (TPSA) is 52.6 Å². The molecule has 5 heteroatoms. The Kier molecular flexibility index (Phi) is 5.84. The van der Waals surface area contributed by atoms with Crippen molar-refractivity contribution in [3.8, 4) is 5.75 Å². The van der Waals surface area contributed by atoms with Crippen LogP contribution in [-0.2, 0) is 9.53 Å². The summed E-state index contributed by atoms with van der Waals surface area (Å²) in [6.07, 6.45) is 1.39. The first-order valence-corrected chi connectivity index (χ1v) is 7.28. The first kappa shape index (κ1) is 17.4. The van der Waals surface area contributed by atoms with Gasteiger partial charge < -0.3 is 9.47 Å². The van der Waals surface area contributed by atoms with Crippen LogP contribution in [0, 0.1) is 5.82 Å². The molecule has 0 N–H and O–H groups in total. The molecule has 0 radical (unpaired) electrons. The lowest BCUT2D eigenvalue weighted by atomic mass is 10.0. The molecule has 0 aliphatic carbocycles. The number of benzene rings is 2. The maximum Gasteiger partial charge on any atom is 0.302 e. The largest absolute Gasteiger partial charge is 0.497 e. The summed E-state index contributed by atoms with van der Waals surface area (Å²) in [4.78, 5) is 23.7. The van der Waals surface area contributed by atoms with Gasteiger partial charge in [0, 0.05) is 23.6 Å². The van der Waals surface area contributed by atoms with E-state index in [9.17, 15) is 14.0 Å². The van der Waals surface area contributed by atoms with Crippen LogP contribution in [0.25, 0.3) is 6.08 Å². The van der Waals surface area contributed by atoms with Crippen LogP contribution in [0.1, 0.15) is 22.8 Å². The molecule has 0 aromatic heterocycles. The molecule has 0 amide bonds. The van der Waals surface area contributed by atoms with Crippen molar-refractivity contribution < 1.29 is 23.5 Å². The molecule has 2 aromatic rings. The molecule has 0 atom stereocenters. The Labute approximate surface area is 139 Å². The molecule has 0 aliphatic rings. The lowest BCUT2D eigenvalue weighted by Gasteiger charge is -2.09. The Hall–Kier alpha value is -2.95. The lowest BCUT2D eigenvalue weighted by molar-refractivity contribution is -0.139. The SMILES string of the molecule is COc1ccc(C(=O)/C(=C/c2ccccc2F)COC(C)=O)cc1. The van der Waals surface area contributed by atoms with E-state index in [-0.39, 0.29) is 23.5 Å². The summed E-state index contributed by atoms with van der Waals surface area (Å²) in [6.45, 7) is 1.02. The molecule has 0 aliphatic heterocycles. The molecular formula is C19H17FO4. The number of ketones is 1. The van der Waals surface area contributed by atoms with Gasteiger partial charge >= 0.3 is 5.97 Å². The molecule has 2 rings (SSSR count). The number of ether oxygens (including phenoxy) is 2. The Balaban J connectivity index is 2.35. The third-order valence-corrected chi connectivity index (χ3v) is 3.31. The van der Waals surface area contributed by atoms with Crippen molar-refractivity contribution in [3.05, 3.63) is 71.0 Å². The Morgan fingerprint density at radius 1 is 1.08 bits per heavy atom. The van der Waals surface area contributed by atoms with Gasteiger partial charge in [0.2, 0.25) is 0 Å². The Morgan fingerprint density at radius 2 is 1.75 bits per heavy atom. The lowest BCUT2D eigenvalue weighted by Crippen LogP contribution is -2.12. The van der Waals surface area contributed by atoms with Gasteiger partial charge in [0.25, 0.3) is 0 Å². The molecule has 0 bridgehead atoms. The fraction of sp³-hybridized carbons (Fsp3) is 0.158. The minimum atomic E-state index is -0.517. The quantitative estimate of drug-likeness (QED) is 0.461. The third-order valence-electron chi connectivity index (χ3n) is 3.31. The zero-order valence-corrected chi connectivity index (χ0v) is 13.4. The van der Waals surface area contributed by atoms with E-state index >= 15 is 0 Å². The maximum absolute atomic E-state index is 13.8. The van der Waals surface area contributed by atoms with E-state index in [2.05, 4.69) is 0 Å². The van der Waals surface area contributed by atoms with Crippen molar-refractivity contribution in [1.82, 2.24) is 0 Å². The predicted octanol–water partition coefficient (Wildman–Crippen LogP) is 3.66. The van der Waals surface area contributed by atoms with E-state index < -0.39 is 11.8 Å². The summed E-state index contributed by atoms with van der Waals surface area (Å²) in [6, 6.07) is 12.6. The summed E-state index contributed by atoms with van der Waals surface area (Å²) < 4.78 is 23.8. The van der Waals surface area contributed by atoms with E-state index in [1.54, 1.807) is 42.5 Å². The highest BCUT2D eigenvalue weighted by atomic mass is 19.1. The first-order chi connectivity index (χ1) is 11.5. The molecule has 24 heavy (non-hydrogen) atoms. The summed E-state index contributed by atoms with van der Waals surface area (Å²) in [5, 5.41) is 0. The summed E-state index contributed by atoms with van der Waals surface area (Å²) in [5.74, 6) is -0.703. The highest BCUT2D eigenvalue weighted by Gasteiger charge is 2.15. The van der Waals surface area contributed by atoms with Crippen molar-refractivity contribution in [2.45, 2.75) is 6.92 Å². The van der Waals surface area contributed by atoms with Crippen molar-refractivity contribution in [3.63, 3.8) is 0 Å². The number of methoxy groups -OCH3 is 1. The predicted molar refractivity (Wildman–Crippen MR) is 88.3 cm³/mol. The molecular weight excluding hydrogens is 311 g/mol. The van der Waals surface area contributed by atoms with E-state index in [0.29, 0.717) is 11.3 Å². The Morgan fingerprint density at radius 3 is 2.33 bits per heavy atom. The van der Waals surface area contributed by atoms with Gasteiger partial charge in [0.05, 0.1) is 7.11 Å². The normalized spacial score (nSPS) is 11.0. The fourth-order valence-electron chi connectivity index (χ4n) is 2.06. The van der Waals surface area contributed by atoms with E-state index in [1.807, 2.05) is 0 Å². The monoisotopic (exact) mass is 328 g/mol. The van der Waals surface area contributed by atoms with E-state index in [4.69, 9.17) is 9.47 Å². The summed E-state index contributed by atoms with van der Waals surface area (Å²) >= 11 is 0. The van der Waals surface area contributed by atoms with Gasteiger partial charge in [-0.3, -0.25) is 9.59 Å². The van der Waals surface area contributed by atoms with Crippen LogP contribution in [0.15, 0.2) is 54.1 Å². The second-order valence-electron chi connectivity index (χ2n) is 5.03. The molecule has 0 heterocycles. The zero-order chi connectivity index (χ0) is 17.5. The van der Waals surface area contributed by atoms with Gasteiger partial charge in [-0.2, -0.15) is 0 Å². The standard InChI is InChI=1S/C19H17FO4/c1-13(21)24-12-16(11-15-5-3-4-6-18(15)20)19(22)14-7-9-17(23-2)10-8-14/h3-11H,12H2,1-2H3/b16-11+. The van der Waals surface area contributed by atoms with Crippen LogP contribution in [0.4, 0.5) is 4.39 Å². The average molecular weight is 328 g/mol. The van der Waals surface area contributed by atoms with E-state index in [0.717, 1.165) is 0 Å². The molecule has 0 unspecified atom stereocenters. The second kappa shape index (κ2) is 8.06. The highest BCUT2D eigenvalue weighted by Crippen LogP contribution is 2.18. The summed E-state index contributed by atoms with van der Waals surface area (Å²) in [7, 11) is 1.53. The number of halogens is 1. The third kappa shape index (κ3) is 4.52. The van der Waals surface area contributed by atoms with Gasteiger partial charge in [0.1, 0.15) is 18.2 Å².